The molecular weight excluding hydrogens is 775 g/mol. The van der Waals surface area contributed by atoms with E-state index in [-0.39, 0.29) is 13.0 Å². The van der Waals surface area contributed by atoms with Gasteiger partial charge in [0.05, 0.1) is 13.2 Å². The van der Waals surface area contributed by atoms with E-state index in [4.69, 9.17) is 18.5 Å². The van der Waals surface area contributed by atoms with Crippen LogP contribution in [0.15, 0.2) is 12.2 Å². The fourth-order valence-electron chi connectivity index (χ4n) is 7.53. The van der Waals surface area contributed by atoms with E-state index in [1.165, 1.54) is 141 Å². The number of phosphoric acid groups is 1. The van der Waals surface area contributed by atoms with Crippen molar-refractivity contribution in [3.63, 3.8) is 0 Å². The van der Waals surface area contributed by atoms with Crippen LogP contribution in [-0.2, 0) is 27.9 Å². The highest BCUT2D eigenvalue weighted by Gasteiger charge is 2.51. The summed E-state index contributed by atoms with van der Waals surface area (Å²) in [4.78, 5) is 23.2. The Labute approximate surface area is 358 Å². The van der Waals surface area contributed by atoms with Gasteiger partial charge in [-0.25, -0.2) is 4.57 Å². The van der Waals surface area contributed by atoms with Crippen LogP contribution in [0.1, 0.15) is 213 Å². The molecule has 350 valence electrons. The van der Waals surface area contributed by atoms with Gasteiger partial charge in [0, 0.05) is 13.0 Å². The average Bonchev–Trinajstić information content (AvgIpc) is 3.22. The average molecular weight is 865 g/mol. The standard InChI is InChI=1S/C46H89O12P/c1-3-5-7-9-11-13-15-17-19-20-21-22-23-25-27-29-31-33-35-40(47)57-39(37-55-36-34-32-30-28-26-24-18-16-14-12-10-8-6-4-2)38-56-59(53,54)58-46-44(51)42(49)41(48)43(50)45(46)52/h19-20,39,41-46,48-52H,3-18,21-38H2,1-2H3,(H,53,54)/b20-19-. The van der Waals surface area contributed by atoms with Gasteiger partial charge in [0.2, 0.25) is 0 Å². The molecule has 0 amide bonds. The third-order valence-electron chi connectivity index (χ3n) is 11.4. The second kappa shape index (κ2) is 37.6. The van der Waals surface area contributed by atoms with Crippen molar-refractivity contribution >= 4 is 13.8 Å². The van der Waals surface area contributed by atoms with Crippen molar-refractivity contribution in [2.45, 2.75) is 256 Å². The molecule has 1 fully saturated rings. The summed E-state index contributed by atoms with van der Waals surface area (Å²) in [6, 6.07) is 0. The molecule has 0 heterocycles. The van der Waals surface area contributed by atoms with Crippen LogP contribution in [0.4, 0.5) is 0 Å². The molecule has 1 aliphatic carbocycles. The number of aliphatic hydroxyl groups is 5. The molecule has 0 aromatic carbocycles. The van der Waals surface area contributed by atoms with Crippen LogP contribution < -0.4 is 0 Å². The van der Waals surface area contributed by atoms with Crippen LogP contribution in [0.25, 0.3) is 0 Å². The van der Waals surface area contributed by atoms with Crippen LogP contribution in [0.2, 0.25) is 0 Å². The van der Waals surface area contributed by atoms with Gasteiger partial charge in [0.25, 0.3) is 0 Å². The van der Waals surface area contributed by atoms with E-state index in [0.29, 0.717) is 13.0 Å². The maximum atomic E-state index is 12.8. The Morgan fingerprint density at radius 3 is 1.34 bits per heavy atom. The van der Waals surface area contributed by atoms with Crippen molar-refractivity contribution < 1.29 is 58.3 Å². The van der Waals surface area contributed by atoms with Gasteiger partial charge >= 0.3 is 13.8 Å². The fraction of sp³-hybridized carbons (Fsp3) is 0.935. The smallest absolute Gasteiger partial charge is 0.457 e. The molecule has 59 heavy (non-hydrogen) atoms. The summed E-state index contributed by atoms with van der Waals surface area (Å²) in [6.45, 7) is 4.28. The van der Waals surface area contributed by atoms with Gasteiger partial charge in [0.1, 0.15) is 42.7 Å². The maximum Gasteiger partial charge on any atom is 0.472 e. The number of hydrogen-bond donors (Lipinski definition) is 6. The first-order valence-corrected chi connectivity index (χ1v) is 25.5. The number of phosphoric ester groups is 1. The quantitative estimate of drug-likeness (QED) is 0.0148. The van der Waals surface area contributed by atoms with Crippen molar-refractivity contribution in [2.24, 2.45) is 0 Å². The van der Waals surface area contributed by atoms with Crippen LogP contribution in [0, 0.1) is 0 Å². The molecule has 6 N–H and O–H groups in total. The maximum absolute atomic E-state index is 12.8. The fourth-order valence-corrected chi connectivity index (χ4v) is 8.50. The summed E-state index contributed by atoms with van der Waals surface area (Å²) in [6.07, 6.45) is 28.5. The molecular formula is C46H89O12P. The lowest BCUT2D eigenvalue weighted by Gasteiger charge is -2.41. The van der Waals surface area contributed by atoms with Gasteiger partial charge in [-0.1, -0.05) is 180 Å². The Morgan fingerprint density at radius 2 is 0.898 bits per heavy atom. The lowest BCUT2D eigenvalue weighted by molar-refractivity contribution is -0.220. The lowest BCUT2D eigenvalue weighted by Crippen LogP contribution is -2.64. The minimum absolute atomic E-state index is 0.0726. The number of rotatable bonds is 41. The molecule has 0 saturated heterocycles. The number of aliphatic hydroxyl groups excluding tert-OH is 5. The van der Waals surface area contributed by atoms with E-state index in [2.05, 4.69) is 26.0 Å². The predicted octanol–water partition coefficient (Wildman–Crippen LogP) is 9.92. The van der Waals surface area contributed by atoms with Gasteiger partial charge in [0.15, 0.2) is 0 Å². The van der Waals surface area contributed by atoms with Gasteiger partial charge in [-0.3, -0.25) is 13.8 Å². The largest absolute Gasteiger partial charge is 0.472 e. The summed E-state index contributed by atoms with van der Waals surface area (Å²) in [5, 5.41) is 50.2. The number of ether oxygens (including phenoxy) is 2. The molecule has 1 aliphatic rings. The second-order valence-electron chi connectivity index (χ2n) is 17.0. The molecule has 0 aliphatic heterocycles. The van der Waals surface area contributed by atoms with Crippen LogP contribution in [0.5, 0.6) is 0 Å². The topological polar surface area (TPSA) is 192 Å². The zero-order chi connectivity index (χ0) is 43.4. The molecule has 0 aromatic rings. The first-order chi connectivity index (χ1) is 28.5. The molecule has 1 saturated carbocycles. The van der Waals surface area contributed by atoms with E-state index in [9.17, 15) is 39.8 Å². The molecule has 0 aromatic heterocycles. The van der Waals surface area contributed by atoms with Crippen molar-refractivity contribution in [2.75, 3.05) is 19.8 Å². The van der Waals surface area contributed by atoms with E-state index in [1.807, 2.05) is 0 Å². The van der Waals surface area contributed by atoms with Crippen molar-refractivity contribution in [3.05, 3.63) is 12.2 Å². The zero-order valence-electron chi connectivity index (χ0n) is 37.3. The van der Waals surface area contributed by atoms with Gasteiger partial charge in [-0.15, -0.1) is 0 Å². The minimum atomic E-state index is -5.01. The normalized spacial score (nSPS) is 22.5. The second-order valence-corrected chi connectivity index (χ2v) is 18.4. The minimum Gasteiger partial charge on any atom is -0.457 e. The third-order valence-corrected chi connectivity index (χ3v) is 12.4. The summed E-state index contributed by atoms with van der Waals surface area (Å²) < 4.78 is 34.2. The molecule has 6 unspecified atom stereocenters. The Kier molecular flexibility index (Phi) is 35.8. The third kappa shape index (κ3) is 29.9. The molecule has 1 rings (SSSR count). The van der Waals surface area contributed by atoms with Crippen molar-refractivity contribution in [3.8, 4) is 0 Å². The van der Waals surface area contributed by atoms with Crippen LogP contribution in [0.3, 0.4) is 0 Å². The predicted molar refractivity (Wildman–Crippen MR) is 235 cm³/mol. The Balaban J connectivity index is 2.37. The first-order valence-electron chi connectivity index (χ1n) is 24.0. The number of unbranched alkanes of at least 4 members (excludes halogenated alkanes) is 27. The molecule has 0 radical (unpaired) electrons. The Bertz CT molecular complexity index is 1030. The molecule has 12 nitrogen and oxygen atoms in total. The van der Waals surface area contributed by atoms with Gasteiger partial charge < -0.3 is 39.9 Å². The highest BCUT2D eigenvalue weighted by Crippen LogP contribution is 2.47. The molecule has 13 heteroatoms. The van der Waals surface area contributed by atoms with E-state index in [1.54, 1.807) is 0 Å². The van der Waals surface area contributed by atoms with Crippen molar-refractivity contribution in [1.82, 2.24) is 0 Å². The van der Waals surface area contributed by atoms with E-state index >= 15 is 0 Å². The Morgan fingerprint density at radius 1 is 0.525 bits per heavy atom. The SMILES string of the molecule is CCCCCCCCC/C=C\CCCCCCCCCC(=O)OC(COCCCCCCCCCCCCCCCC)COP(=O)(O)OC1C(O)C(O)C(O)C(O)C1O. The van der Waals surface area contributed by atoms with E-state index in [0.717, 1.165) is 44.9 Å². The van der Waals surface area contributed by atoms with Gasteiger partial charge in [-0.05, 0) is 38.5 Å². The summed E-state index contributed by atoms with van der Waals surface area (Å²) in [5.41, 5.74) is 0. The summed E-state index contributed by atoms with van der Waals surface area (Å²) in [5.74, 6) is -0.478. The molecule has 6 atom stereocenters. The molecule has 0 bridgehead atoms. The number of carbonyl (C=O) groups is 1. The Hall–Kier alpha value is -0.920. The van der Waals surface area contributed by atoms with E-state index < -0.39 is 63.1 Å². The zero-order valence-corrected chi connectivity index (χ0v) is 38.2. The number of carbonyl (C=O) groups excluding carboxylic acids is 1. The highest BCUT2D eigenvalue weighted by atomic mass is 31.2. The number of allylic oxidation sites excluding steroid dienone is 2. The first kappa shape index (κ1) is 56.1. The summed E-state index contributed by atoms with van der Waals surface area (Å²) >= 11 is 0. The van der Waals surface area contributed by atoms with Crippen LogP contribution >= 0.6 is 7.82 Å². The summed E-state index contributed by atoms with van der Waals surface area (Å²) in [7, 11) is -5.01. The highest BCUT2D eigenvalue weighted by molar-refractivity contribution is 7.47. The lowest BCUT2D eigenvalue weighted by atomic mass is 9.85. The number of hydrogen-bond acceptors (Lipinski definition) is 11. The van der Waals surface area contributed by atoms with Gasteiger partial charge in [-0.2, -0.15) is 0 Å². The van der Waals surface area contributed by atoms with Crippen LogP contribution in [-0.4, -0.2) is 98.9 Å². The van der Waals surface area contributed by atoms with Crippen molar-refractivity contribution in [1.29, 1.82) is 0 Å². The monoisotopic (exact) mass is 865 g/mol. The number of esters is 1. The molecule has 0 spiro atoms.